The van der Waals surface area contributed by atoms with E-state index in [1.165, 1.54) is 0 Å². The van der Waals surface area contributed by atoms with E-state index < -0.39 is 5.60 Å². The summed E-state index contributed by atoms with van der Waals surface area (Å²) in [6, 6.07) is 2.04. The van der Waals surface area contributed by atoms with Gasteiger partial charge in [0, 0.05) is 30.9 Å². The smallest absolute Gasteiger partial charge is 0.255 e. The van der Waals surface area contributed by atoms with Gasteiger partial charge in [-0.3, -0.25) is 4.79 Å². The third kappa shape index (κ3) is 2.53. The van der Waals surface area contributed by atoms with Gasteiger partial charge in [0.05, 0.1) is 18.3 Å². The number of rotatable bonds is 4. The zero-order chi connectivity index (χ0) is 16.9. The average Bonchev–Trinajstić information content (AvgIpc) is 2.99. The van der Waals surface area contributed by atoms with E-state index >= 15 is 0 Å². The number of amides is 1. The quantitative estimate of drug-likeness (QED) is 0.895. The van der Waals surface area contributed by atoms with E-state index in [0.717, 1.165) is 24.1 Å². The van der Waals surface area contributed by atoms with Crippen molar-refractivity contribution in [1.29, 1.82) is 0 Å². The van der Waals surface area contributed by atoms with Crippen LogP contribution in [-0.4, -0.2) is 49.0 Å². The molecule has 0 unspecified atom stereocenters. The molecule has 0 radical (unpaired) electrons. The molecule has 0 bridgehead atoms. The van der Waals surface area contributed by atoms with E-state index in [4.69, 9.17) is 0 Å². The first-order chi connectivity index (χ1) is 11.5. The van der Waals surface area contributed by atoms with Crippen molar-refractivity contribution in [3.8, 4) is 0 Å². The Balaban J connectivity index is 1.52. The molecule has 24 heavy (non-hydrogen) atoms. The fraction of sp³-hybridized carbons (Fsp3) is 0.588. The number of likely N-dealkylation sites (tertiary alicyclic amines) is 1. The lowest BCUT2D eigenvalue weighted by Crippen LogP contribution is -2.35. The van der Waals surface area contributed by atoms with Crippen molar-refractivity contribution in [2.75, 3.05) is 13.1 Å². The minimum Gasteiger partial charge on any atom is -0.381 e. The summed E-state index contributed by atoms with van der Waals surface area (Å²) >= 11 is 0. The minimum atomic E-state index is -1.11. The Morgan fingerprint density at radius 1 is 1.46 bits per heavy atom. The second kappa shape index (κ2) is 5.44. The van der Waals surface area contributed by atoms with Crippen molar-refractivity contribution in [3.63, 3.8) is 0 Å². The van der Waals surface area contributed by atoms with Crippen LogP contribution in [0.15, 0.2) is 18.5 Å². The number of nitrogens with one attached hydrogen (secondary N) is 1. The Morgan fingerprint density at radius 3 is 2.92 bits per heavy atom. The van der Waals surface area contributed by atoms with Gasteiger partial charge in [0.1, 0.15) is 11.3 Å². The van der Waals surface area contributed by atoms with Crippen molar-refractivity contribution >= 4 is 5.91 Å². The van der Waals surface area contributed by atoms with Crippen LogP contribution in [0.1, 0.15) is 66.8 Å². The molecule has 1 amide bonds. The topological polar surface area (TPSA) is 87.0 Å². The maximum Gasteiger partial charge on any atom is 0.255 e. The predicted molar refractivity (Wildman–Crippen MR) is 87.6 cm³/mol. The number of carbonyl (C=O) groups excluding carboxylic acids is 1. The van der Waals surface area contributed by atoms with Gasteiger partial charge in [-0.2, -0.15) is 0 Å². The van der Waals surface area contributed by atoms with E-state index in [9.17, 15) is 9.90 Å². The van der Waals surface area contributed by atoms with E-state index in [1.807, 2.05) is 26.1 Å². The first-order valence-corrected chi connectivity index (χ1v) is 8.59. The van der Waals surface area contributed by atoms with Crippen LogP contribution in [0.5, 0.6) is 0 Å². The van der Waals surface area contributed by atoms with Crippen LogP contribution in [0.3, 0.4) is 0 Å². The van der Waals surface area contributed by atoms with Crippen molar-refractivity contribution in [2.24, 2.45) is 0 Å². The summed E-state index contributed by atoms with van der Waals surface area (Å²) in [5.74, 6) is 0.483. The molecular weight excluding hydrogens is 306 g/mol. The van der Waals surface area contributed by atoms with Gasteiger partial charge in [-0.05, 0) is 38.7 Å². The van der Waals surface area contributed by atoms with Crippen LogP contribution in [-0.2, 0) is 5.60 Å². The Hall–Kier alpha value is -2.15. The van der Waals surface area contributed by atoms with Crippen LogP contribution >= 0.6 is 0 Å². The normalized spacial score (nSPS) is 24.1. The SMILES string of the molecule is CC(C)n1cc([C@]2(O)CCN(C(=O)c3cc[nH]c3C3CC3)C2)nn1. The third-order valence-electron chi connectivity index (χ3n) is 5.05. The Labute approximate surface area is 140 Å². The van der Waals surface area contributed by atoms with Crippen LogP contribution in [0, 0.1) is 0 Å². The summed E-state index contributed by atoms with van der Waals surface area (Å²) in [6.07, 6.45) is 6.38. The van der Waals surface area contributed by atoms with Crippen molar-refractivity contribution in [1.82, 2.24) is 24.9 Å². The average molecular weight is 329 g/mol. The molecule has 1 aliphatic heterocycles. The second-order valence-electron chi connectivity index (χ2n) is 7.27. The number of β-amino-alcohol motifs (C(OH)–C–C–N with tert-alkyl or cyclic N) is 1. The molecule has 0 aromatic carbocycles. The number of H-pyrrole nitrogens is 1. The molecule has 1 aliphatic carbocycles. The summed E-state index contributed by atoms with van der Waals surface area (Å²) in [6.45, 7) is 4.81. The van der Waals surface area contributed by atoms with Gasteiger partial charge < -0.3 is 15.0 Å². The van der Waals surface area contributed by atoms with E-state index in [2.05, 4.69) is 15.3 Å². The number of aliphatic hydroxyl groups is 1. The number of aromatic nitrogens is 4. The number of nitrogens with zero attached hydrogens (tertiary/aromatic N) is 4. The van der Waals surface area contributed by atoms with Crippen LogP contribution in [0.25, 0.3) is 0 Å². The number of hydrogen-bond acceptors (Lipinski definition) is 4. The molecule has 2 aromatic heterocycles. The second-order valence-corrected chi connectivity index (χ2v) is 7.27. The lowest BCUT2D eigenvalue weighted by molar-refractivity contribution is 0.0381. The first-order valence-electron chi connectivity index (χ1n) is 8.59. The summed E-state index contributed by atoms with van der Waals surface area (Å²) in [5, 5.41) is 19.1. The third-order valence-corrected chi connectivity index (χ3v) is 5.05. The lowest BCUT2D eigenvalue weighted by Gasteiger charge is -2.21. The van der Waals surface area contributed by atoms with Gasteiger partial charge >= 0.3 is 0 Å². The highest BCUT2D eigenvalue weighted by Crippen LogP contribution is 2.41. The zero-order valence-electron chi connectivity index (χ0n) is 14.1. The predicted octanol–water partition coefficient (Wildman–Crippen LogP) is 1.80. The molecule has 7 heteroatoms. The molecule has 4 rings (SSSR count). The molecular formula is C17H23N5O2. The summed E-state index contributed by atoms with van der Waals surface area (Å²) < 4.78 is 1.73. The highest BCUT2D eigenvalue weighted by molar-refractivity contribution is 5.96. The van der Waals surface area contributed by atoms with Crippen molar-refractivity contribution in [2.45, 2.75) is 50.7 Å². The maximum atomic E-state index is 12.8. The van der Waals surface area contributed by atoms with Gasteiger partial charge in [0.25, 0.3) is 5.91 Å². The molecule has 0 spiro atoms. The maximum absolute atomic E-state index is 12.8. The summed E-state index contributed by atoms with van der Waals surface area (Å²) in [5.41, 5.74) is 1.22. The lowest BCUT2D eigenvalue weighted by atomic mass is 10.00. The highest BCUT2D eigenvalue weighted by Gasteiger charge is 2.43. The molecule has 2 fully saturated rings. The van der Waals surface area contributed by atoms with Gasteiger partial charge in [-0.15, -0.1) is 5.10 Å². The van der Waals surface area contributed by atoms with E-state index in [1.54, 1.807) is 15.8 Å². The van der Waals surface area contributed by atoms with Gasteiger partial charge in [0.2, 0.25) is 0 Å². The monoisotopic (exact) mass is 329 g/mol. The molecule has 3 heterocycles. The Bertz CT molecular complexity index is 761. The van der Waals surface area contributed by atoms with E-state index in [0.29, 0.717) is 24.6 Å². The molecule has 1 saturated carbocycles. The van der Waals surface area contributed by atoms with Crippen LogP contribution in [0.2, 0.25) is 0 Å². The standard InChI is InChI=1S/C17H23N5O2/c1-11(2)22-9-14(19-20-22)17(24)6-8-21(10-17)16(23)13-5-7-18-15(13)12-3-4-12/h5,7,9,11-12,18,24H,3-4,6,8,10H2,1-2H3/t17-/m0/s1. The molecule has 2 aromatic rings. The van der Waals surface area contributed by atoms with Gasteiger partial charge in [-0.25, -0.2) is 4.68 Å². The first kappa shape index (κ1) is 15.4. The molecule has 128 valence electrons. The minimum absolute atomic E-state index is 0.00896. The number of carbonyl (C=O) groups is 1. The fourth-order valence-corrected chi connectivity index (χ4v) is 3.37. The van der Waals surface area contributed by atoms with Crippen molar-refractivity contribution in [3.05, 3.63) is 35.4 Å². The summed E-state index contributed by atoms with van der Waals surface area (Å²) in [7, 11) is 0. The van der Waals surface area contributed by atoms with Gasteiger partial charge in [-0.1, -0.05) is 5.21 Å². The Morgan fingerprint density at radius 2 is 2.25 bits per heavy atom. The molecule has 2 aliphatic rings. The van der Waals surface area contributed by atoms with Crippen LogP contribution in [0.4, 0.5) is 0 Å². The molecule has 1 saturated heterocycles. The largest absolute Gasteiger partial charge is 0.381 e. The zero-order valence-corrected chi connectivity index (χ0v) is 14.1. The fourth-order valence-electron chi connectivity index (χ4n) is 3.37. The number of aromatic amines is 1. The van der Waals surface area contributed by atoms with Crippen molar-refractivity contribution < 1.29 is 9.90 Å². The Kier molecular flexibility index (Phi) is 3.49. The van der Waals surface area contributed by atoms with Crippen LogP contribution < -0.4 is 0 Å². The number of hydrogen-bond donors (Lipinski definition) is 2. The molecule has 7 nitrogen and oxygen atoms in total. The molecule has 1 atom stereocenters. The molecule has 2 N–H and O–H groups in total. The van der Waals surface area contributed by atoms with E-state index in [-0.39, 0.29) is 18.5 Å². The van der Waals surface area contributed by atoms with Gasteiger partial charge in [0.15, 0.2) is 0 Å². The summed E-state index contributed by atoms with van der Waals surface area (Å²) in [4.78, 5) is 17.8. The highest BCUT2D eigenvalue weighted by atomic mass is 16.3.